The molecule has 0 radical (unpaired) electrons. The average molecular weight is 323 g/mol. The molecular formula is C13H17Cl2FN2O2. The lowest BCUT2D eigenvalue weighted by atomic mass is 9.79. The Morgan fingerprint density at radius 3 is 2.65 bits per heavy atom. The van der Waals surface area contributed by atoms with Crippen molar-refractivity contribution >= 4 is 35.6 Å². The molecule has 1 aromatic carbocycles. The molecule has 1 amide bonds. The van der Waals surface area contributed by atoms with Crippen molar-refractivity contribution in [1.29, 1.82) is 0 Å². The van der Waals surface area contributed by atoms with Gasteiger partial charge in [0.2, 0.25) is 5.91 Å². The smallest absolute Gasteiger partial charge is 0.232 e. The zero-order valence-electron chi connectivity index (χ0n) is 10.8. The SMILES string of the molecule is Cl.NCC1(C(=O)Nc2ccc(F)c(Cl)c2)CCOCC1. The zero-order chi connectivity index (χ0) is 13.9. The monoisotopic (exact) mass is 322 g/mol. The highest BCUT2D eigenvalue weighted by Gasteiger charge is 2.38. The Hall–Kier alpha value is -0.880. The molecule has 20 heavy (non-hydrogen) atoms. The van der Waals surface area contributed by atoms with Crippen LogP contribution in [0, 0.1) is 11.2 Å². The number of nitrogens with two attached hydrogens (primary N) is 1. The Morgan fingerprint density at radius 1 is 1.45 bits per heavy atom. The second kappa shape index (κ2) is 7.22. The number of hydrogen-bond donors (Lipinski definition) is 2. The topological polar surface area (TPSA) is 64.4 Å². The van der Waals surface area contributed by atoms with E-state index in [1.54, 1.807) is 0 Å². The maximum atomic E-state index is 13.1. The van der Waals surface area contributed by atoms with Gasteiger partial charge in [0, 0.05) is 25.4 Å². The fourth-order valence-corrected chi connectivity index (χ4v) is 2.30. The van der Waals surface area contributed by atoms with E-state index in [-0.39, 0.29) is 29.9 Å². The molecule has 4 nitrogen and oxygen atoms in total. The van der Waals surface area contributed by atoms with Gasteiger partial charge in [-0.2, -0.15) is 0 Å². The van der Waals surface area contributed by atoms with Crippen molar-refractivity contribution in [2.75, 3.05) is 25.1 Å². The van der Waals surface area contributed by atoms with Crippen LogP contribution in [0.5, 0.6) is 0 Å². The predicted molar refractivity (Wildman–Crippen MR) is 78.8 cm³/mol. The number of carbonyl (C=O) groups excluding carboxylic acids is 1. The standard InChI is InChI=1S/C13H16ClFN2O2.ClH/c14-10-7-9(1-2-11(10)15)17-12(18)13(8-16)3-5-19-6-4-13;/h1-2,7H,3-6,8,16H2,(H,17,18);1H. The lowest BCUT2D eigenvalue weighted by Gasteiger charge is -2.34. The average Bonchev–Trinajstić information content (AvgIpc) is 2.43. The minimum Gasteiger partial charge on any atom is -0.381 e. The predicted octanol–water partition coefficient (Wildman–Crippen LogP) is 2.59. The quantitative estimate of drug-likeness (QED) is 0.899. The number of carbonyl (C=O) groups is 1. The summed E-state index contributed by atoms with van der Waals surface area (Å²) >= 11 is 5.68. The number of benzene rings is 1. The van der Waals surface area contributed by atoms with Crippen LogP contribution in [-0.2, 0) is 9.53 Å². The van der Waals surface area contributed by atoms with E-state index < -0.39 is 11.2 Å². The Kier molecular flexibility index (Phi) is 6.20. The van der Waals surface area contributed by atoms with Crippen molar-refractivity contribution in [2.45, 2.75) is 12.8 Å². The molecule has 0 atom stereocenters. The molecule has 1 fully saturated rings. The summed E-state index contributed by atoms with van der Waals surface area (Å²) in [5.74, 6) is -0.680. The molecule has 112 valence electrons. The maximum absolute atomic E-state index is 13.1. The summed E-state index contributed by atoms with van der Waals surface area (Å²) in [5, 5.41) is 2.72. The summed E-state index contributed by atoms with van der Waals surface area (Å²) in [6.45, 7) is 1.31. The number of ether oxygens (including phenoxy) is 1. The van der Waals surface area contributed by atoms with E-state index in [9.17, 15) is 9.18 Å². The fraction of sp³-hybridized carbons (Fsp3) is 0.462. The van der Waals surface area contributed by atoms with Gasteiger partial charge in [0.1, 0.15) is 5.82 Å². The molecule has 0 spiro atoms. The van der Waals surface area contributed by atoms with Crippen molar-refractivity contribution in [1.82, 2.24) is 0 Å². The lowest BCUT2D eigenvalue weighted by molar-refractivity contribution is -0.130. The first-order valence-corrected chi connectivity index (χ1v) is 6.49. The molecule has 1 aliphatic heterocycles. The molecule has 0 aliphatic carbocycles. The van der Waals surface area contributed by atoms with Crippen LogP contribution in [0.1, 0.15) is 12.8 Å². The van der Waals surface area contributed by atoms with Gasteiger partial charge in [-0.05, 0) is 31.0 Å². The third-order valence-electron chi connectivity index (χ3n) is 3.50. The van der Waals surface area contributed by atoms with Crippen molar-refractivity contribution in [2.24, 2.45) is 11.1 Å². The van der Waals surface area contributed by atoms with Gasteiger partial charge in [0.15, 0.2) is 0 Å². The van der Waals surface area contributed by atoms with E-state index >= 15 is 0 Å². The summed E-state index contributed by atoms with van der Waals surface area (Å²) < 4.78 is 18.3. The number of nitrogens with one attached hydrogen (secondary N) is 1. The first kappa shape index (κ1) is 17.2. The number of amides is 1. The second-order valence-electron chi connectivity index (χ2n) is 4.68. The lowest BCUT2D eigenvalue weighted by Crippen LogP contribution is -2.46. The molecule has 1 aromatic rings. The molecule has 0 saturated carbocycles. The third kappa shape index (κ3) is 3.61. The highest BCUT2D eigenvalue weighted by Crippen LogP contribution is 2.31. The highest BCUT2D eigenvalue weighted by molar-refractivity contribution is 6.31. The fourth-order valence-electron chi connectivity index (χ4n) is 2.12. The van der Waals surface area contributed by atoms with Crippen LogP contribution in [0.2, 0.25) is 5.02 Å². The number of halogens is 3. The molecule has 1 heterocycles. The summed E-state index contributed by atoms with van der Waals surface area (Å²) in [5.41, 5.74) is 5.60. The molecule has 0 unspecified atom stereocenters. The van der Waals surface area contributed by atoms with Crippen molar-refractivity contribution < 1.29 is 13.9 Å². The largest absolute Gasteiger partial charge is 0.381 e. The number of anilines is 1. The van der Waals surface area contributed by atoms with E-state index in [1.807, 2.05) is 0 Å². The maximum Gasteiger partial charge on any atom is 0.232 e. The summed E-state index contributed by atoms with van der Waals surface area (Å²) in [7, 11) is 0. The molecular weight excluding hydrogens is 306 g/mol. The van der Waals surface area contributed by atoms with Crippen LogP contribution in [0.15, 0.2) is 18.2 Å². The molecule has 0 bridgehead atoms. The Morgan fingerprint density at radius 2 is 2.10 bits per heavy atom. The van der Waals surface area contributed by atoms with Crippen LogP contribution in [-0.4, -0.2) is 25.7 Å². The van der Waals surface area contributed by atoms with Crippen molar-refractivity contribution in [3.63, 3.8) is 0 Å². The van der Waals surface area contributed by atoms with Crippen LogP contribution in [0.4, 0.5) is 10.1 Å². The molecule has 0 aromatic heterocycles. The van der Waals surface area contributed by atoms with Gasteiger partial charge < -0.3 is 15.8 Å². The van der Waals surface area contributed by atoms with Crippen LogP contribution in [0.3, 0.4) is 0 Å². The zero-order valence-corrected chi connectivity index (χ0v) is 12.4. The minimum atomic E-state index is -0.612. The van der Waals surface area contributed by atoms with E-state index in [0.29, 0.717) is 31.7 Å². The van der Waals surface area contributed by atoms with Gasteiger partial charge in [-0.3, -0.25) is 4.79 Å². The van der Waals surface area contributed by atoms with E-state index in [2.05, 4.69) is 5.32 Å². The van der Waals surface area contributed by atoms with E-state index in [4.69, 9.17) is 22.1 Å². The number of hydrogen-bond acceptors (Lipinski definition) is 3. The van der Waals surface area contributed by atoms with Crippen molar-refractivity contribution in [3.05, 3.63) is 29.0 Å². The van der Waals surface area contributed by atoms with E-state index in [1.165, 1.54) is 18.2 Å². The Bertz CT molecular complexity index is 479. The van der Waals surface area contributed by atoms with Crippen molar-refractivity contribution in [3.8, 4) is 0 Å². The summed E-state index contributed by atoms with van der Waals surface area (Å²) in [4.78, 5) is 12.3. The molecule has 2 rings (SSSR count). The summed E-state index contributed by atoms with van der Waals surface area (Å²) in [6.07, 6.45) is 1.18. The van der Waals surface area contributed by atoms with Gasteiger partial charge in [-0.1, -0.05) is 11.6 Å². The Labute approximate surface area is 128 Å². The Balaban J connectivity index is 0.00000200. The third-order valence-corrected chi connectivity index (χ3v) is 3.79. The van der Waals surface area contributed by atoms with Gasteiger partial charge in [0.25, 0.3) is 0 Å². The van der Waals surface area contributed by atoms with Gasteiger partial charge in [-0.25, -0.2) is 4.39 Å². The molecule has 1 aliphatic rings. The van der Waals surface area contributed by atoms with Crippen LogP contribution in [0.25, 0.3) is 0 Å². The van der Waals surface area contributed by atoms with Gasteiger partial charge in [-0.15, -0.1) is 12.4 Å². The van der Waals surface area contributed by atoms with Gasteiger partial charge >= 0.3 is 0 Å². The molecule has 3 N–H and O–H groups in total. The minimum absolute atomic E-state index is 0. The normalized spacial score (nSPS) is 17.1. The highest BCUT2D eigenvalue weighted by atomic mass is 35.5. The van der Waals surface area contributed by atoms with E-state index in [0.717, 1.165) is 0 Å². The first-order valence-electron chi connectivity index (χ1n) is 6.12. The summed E-state index contributed by atoms with van der Waals surface area (Å²) in [6, 6.07) is 4.08. The second-order valence-corrected chi connectivity index (χ2v) is 5.09. The van der Waals surface area contributed by atoms with Crippen LogP contribution >= 0.6 is 24.0 Å². The van der Waals surface area contributed by atoms with Gasteiger partial charge in [0.05, 0.1) is 10.4 Å². The number of rotatable bonds is 3. The first-order chi connectivity index (χ1) is 9.07. The van der Waals surface area contributed by atoms with Crippen LogP contribution < -0.4 is 11.1 Å². The molecule has 7 heteroatoms. The molecule has 1 saturated heterocycles.